The van der Waals surface area contributed by atoms with E-state index in [9.17, 15) is 4.39 Å². The highest BCUT2D eigenvalue weighted by Crippen LogP contribution is 2.30. The minimum atomic E-state index is -0.199. The molecule has 0 unspecified atom stereocenters. The number of piperazine rings is 1. The largest absolute Gasteiger partial charge is 0.493 e. The molecule has 3 aromatic rings. The monoisotopic (exact) mass is 420 g/mol. The van der Waals surface area contributed by atoms with Crippen LogP contribution in [0.3, 0.4) is 0 Å². The van der Waals surface area contributed by atoms with Gasteiger partial charge in [0, 0.05) is 32.7 Å². The van der Waals surface area contributed by atoms with Crippen LogP contribution in [0.4, 0.5) is 4.39 Å². The minimum Gasteiger partial charge on any atom is -0.493 e. The molecule has 0 radical (unpaired) electrons. The molecule has 0 N–H and O–H groups in total. The maximum Gasteiger partial charge on any atom is 0.161 e. The Hall–Kier alpha value is -2.89. The Morgan fingerprint density at radius 2 is 1.39 bits per heavy atom. The number of halogens is 1. The molecule has 0 saturated carbocycles. The van der Waals surface area contributed by atoms with Crippen LogP contribution in [0.15, 0.2) is 78.9 Å². The van der Waals surface area contributed by atoms with Gasteiger partial charge in [-0.05, 0) is 35.4 Å². The number of hydrogen-bond acceptors (Lipinski definition) is 4. The fraction of sp³-hybridized carbons (Fsp3) is 0.308. The first-order valence-corrected chi connectivity index (χ1v) is 10.8. The van der Waals surface area contributed by atoms with Crippen molar-refractivity contribution in [3.05, 3.63) is 95.8 Å². The van der Waals surface area contributed by atoms with Gasteiger partial charge in [0.15, 0.2) is 11.5 Å². The third-order valence-corrected chi connectivity index (χ3v) is 5.81. The number of methoxy groups -OCH3 is 1. The number of ether oxygens (including phenoxy) is 2. The van der Waals surface area contributed by atoms with Crippen LogP contribution in [-0.4, -0.2) is 56.2 Å². The van der Waals surface area contributed by atoms with Crippen molar-refractivity contribution in [2.45, 2.75) is 6.04 Å². The molecule has 0 aromatic heterocycles. The summed E-state index contributed by atoms with van der Waals surface area (Å²) < 4.78 is 24.8. The minimum absolute atomic E-state index is 0.133. The fourth-order valence-electron chi connectivity index (χ4n) is 4.16. The zero-order valence-corrected chi connectivity index (χ0v) is 17.9. The Kier molecular flexibility index (Phi) is 7.18. The lowest BCUT2D eigenvalue weighted by molar-refractivity contribution is 0.0972. The predicted octanol–water partition coefficient (Wildman–Crippen LogP) is 4.62. The highest BCUT2D eigenvalue weighted by molar-refractivity contribution is 5.39. The summed E-state index contributed by atoms with van der Waals surface area (Å²) in [7, 11) is 1.66. The number of benzene rings is 3. The van der Waals surface area contributed by atoms with Gasteiger partial charge in [0.05, 0.1) is 13.2 Å². The molecule has 3 aromatic carbocycles. The van der Waals surface area contributed by atoms with E-state index in [2.05, 4.69) is 34.1 Å². The number of nitrogens with zero attached hydrogens (tertiary/aromatic N) is 2. The van der Waals surface area contributed by atoms with Crippen LogP contribution in [0, 0.1) is 5.82 Å². The first-order valence-electron chi connectivity index (χ1n) is 10.8. The summed E-state index contributed by atoms with van der Waals surface area (Å²) in [4.78, 5) is 4.92. The van der Waals surface area contributed by atoms with Crippen LogP contribution in [-0.2, 0) is 0 Å². The lowest BCUT2D eigenvalue weighted by Crippen LogP contribution is -2.48. The van der Waals surface area contributed by atoms with E-state index < -0.39 is 0 Å². The maximum atomic E-state index is 13.5. The number of rotatable bonds is 8. The fourth-order valence-corrected chi connectivity index (χ4v) is 4.16. The second-order valence-corrected chi connectivity index (χ2v) is 7.74. The third kappa shape index (κ3) is 5.43. The van der Waals surface area contributed by atoms with Crippen molar-refractivity contribution in [2.75, 3.05) is 46.4 Å². The van der Waals surface area contributed by atoms with Gasteiger partial charge >= 0.3 is 0 Å². The molecule has 5 heteroatoms. The Balaban J connectivity index is 1.36. The van der Waals surface area contributed by atoms with E-state index in [0.29, 0.717) is 6.61 Å². The molecule has 1 heterocycles. The predicted molar refractivity (Wildman–Crippen MR) is 121 cm³/mol. The maximum absolute atomic E-state index is 13.5. The molecular formula is C26H29FN2O2. The van der Waals surface area contributed by atoms with Crippen LogP contribution < -0.4 is 9.47 Å². The summed E-state index contributed by atoms with van der Waals surface area (Å²) in [5.41, 5.74) is 2.36. The molecule has 0 aliphatic carbocycles. The van der Waals surface area contributed by atoms with Gasteiger partial charge in [0.1, 0.15) is 12.4 Å². The molecule has 1 aliphatic heterocycles. The van der Waals surface area contributed by atoms with Gasteiger partial charge in [-0.25, -0.2) is 4.39 Å². The van der Waals surface area contributed by atoms with Crippen molar-refractivity contribution in [1.82, 2.24) is 9.80 Å². The molecule has 4 nitrogen and oxygen atoms in total. The Morgan fingerprint density at radius 3 is 2.06 bits per heavy atom. The van der Waals surface area contributed by atoms with Crippen molar-refractivity contribution in [3.8, 4) is 11.5 Å². The lowest BCUT2D eigenvalue weighted by Gasteiger charge is -2.39. The highest BCUT2D eigenvalue weighted by Gasteiger charge is 2.26. The van der Waals surface area contributed by atoms with Crippen molar-refractivity contribution in [3.63, 3.8) is 0 Å². The van der Waals surface area contributed by atoms with Crippen LogP contribution in [0.2, 0.25) is 0 Å². The highest BCUT2D eigenvalue weighted by atomic mass is 19.1. The summed E-state index contributed by atoms with van der Waals surface area (Å²) in [5.74, 6) is 1.34. The topological polar surface area (TPSA) is 24.9 Å². The van der Waals surface area contributed by atoms with Gasteiger partial charge in [0.2, 0.25) is 0 Å². The zero-order valence-electron chi connectivity index (χ0n) is 17.9. The normalized spacial score (nSPS) is 16.1. The summed E-state index contributed by atoms with van der Waals surface area (Å²) in [6, 6.07) is 25.3. The average molecular weight is 421 g/mol. The van der Waals surface area contributed by atoms with E-state index in [-0.39, 0.29) is 11.9 Å². The van der Waals surface area contributed by atoms with Crippen molar-refractivity contribution in [2.24, 2.45) is 0 Å². The molecule has 0 bridgehead atoms. The summed E-state index contributed by atoms with van der Waals surface area (Å²) in [6.07, 6.45) is 0. The molecule has 31 heavy (non-hydrogen) atoms. The van der Waals surface area contributed by atoms with Gasteiger partial charge in [-0.3, -0.25) is 9.80 Å². The zero-order chi connectivity index (χ0) is 21.5. The Morgan fingerprint density at radius 1 is 0.774 bits per heavy atom. The molecule has 162 valence electrons. The molecule has 1 aliphatic rings. The standard InChI is InChI=1S/C26H29FN2O2/c1-30-24-9-5-6-10-25(24)31-20-19-28-15-17-29(18-16-28)26(21-7-3-2-4-8-21)22-11-13-23(27)14-12-22/h2-14,26H,15-20H2,1H3/t26-/m1/s1. The Bertz CT molecular complexity index is 941. The van der Waals surface area contributed by atoms with E-state index in [1.165, 1.54) is 5.56 Å². The van der Waals surface area contributed by atoms with E-state index in [1.807, 2.05) is 42.5 Å². The SMILES string of the molecule is COc1ccccc1OCCN1CCN([C@H](c2ccccc2)c2ccc(F)cc2)CC1. The van der Waals surface area contributed by atoms with Gasteiger partial charge in [-0.2, -0.15) is 0 Å². The third-order valence-electron chi connectivity index (χ3n) is 5.81. The molecule has 1 saturated heterocycles. The van der Waals surface area contributed by atoms with Crippen LogP contribution in [0.5, 0.6) is 11.5 Å². The van der Waals surface area contributed by atoms with E-state index in [4.69, 9.17) is 9.47 Å². The number of para-hydroxylation sites is 2. The molecule has 0 spiro atoms. The van der Waals surface area contributed by atoms with Crippen molar-refractivity contribution < 1.29 is 13.9 Å². The number of hydrogen-bond donors (Lipinski definition) is 0. The van der Waals surface area contributed by atoms with Crippen molar-refractivity contribution >= 4 is 0 Å². The average Bonchev–Trinajstić information content (AvgIpc) is 2.82. The Labute approximate surface area is 183 Å². The summed E-state index contributed by atoms with van der Waals surface area (Å²) in [5, 5.41) is 0. The van der Waals surface area contributed by atoms with Crippen LogP contribution in [0.1, 0.15) is 17.2 Å². The van der Waals surface area contributed by atoms with E-state index in [0.717, 1.165) is 49.8 Å². The van der Waals surface area contributed by atoms with Gasteiger partial charge in [-0.15, -0.1) is 0 Å². The van der Waals surface area contributed by atoms with E-state index in [1.54, 1.807) is 19.2 Å². The molecule has 4 rings (SSSR count). The van der Waals surface area contributed by atoms with Gasteiger partial charge in [0.25, 0.3) is 0 Å². The van der Waals surface area contributed by atoms with Gasteiger partial charge in [-0.1, -0.05) is 54.6 Å². The molecule has 1 fully saturated rings. The lowest BCUT2D eigenvalue weighted by atomic mass is 9.96. The van der Waals surface area contributed by atoms with Crippen LogP contribution >= 0.6 is 0 Å². The molecular weight excluding hydrogens is 391 g/mol. The smallest absolute Gasteiger partial charge is 0.161 e. The quantitative estimate of drug-likeness (QED) is 0.531. The second kappa shape index (κ2) is 10.4. The second-order valence-electron chi connectivity index (χ2n) is 7.74. The molecule has 1 atom stereocenters. The first kappa shape index (κ1) is 21.3. The summed E-state index contributed by atoms with van der Waals surface area (Å²) >= 11 is 0. The van der Waals surface area contributed by atoms with Crippen LogP contribution in [0.25, 0.3) is 0 Å². The first-order chi connectivity index (χ1) is 15.2. The van der Waals surface area contributed by atoms with E-state index >= 15 is 0 Å². The summed E-state index contributed by atoms with van der Waals surface area (Å²) in [6.45, 7) is 5.34. The van der Waals surface area contributed by atoms with Crippen molar-refractivity contribution in [1.29, 1.82) is 0 Å². The van der Waals surface area contributed by atoms with Gasteiger partial charge < -0.3 is 9.47 Å². The molecule has 0 amide bonds.